The molecule has 0 aliphatic carbocycles. The minimum absolute atomic E-state index is 0.113. The summed E-state index contributed by atoms with van der Waals surface area (Å²) in [6, 6.07) is 6.92. The highest BCUT2D eigenvalue weighted by atomic mass is 35.5. The highest BCUT2D eigenvalue weighted by Crippen LogP contribution is 2.21. The van der Waals surface area contributed by atoms with E-state index < -0.39 is 0 Å². The molecule has 2 N–H and O–H groups in total. The lowest BCUT2D eigenvalue weighted by molar-refractivity contribution is 0.112. The molecule has 0 fully saturated rings. The first-order chi connectivity index (χ1) is 9.11. The van der Waals surface area contributed by atoms with Crippen molar-refractivity contribution in [3.63, 3.8) is 0 Å². The smallest absolute Gasteiger partial charge is 0.156 e. The number of anilines is 1. The molecule has 0 aliphatic rings. The van der Waals surface area contributed by atoms with Crippen LogP contribution >= 0.6 is 11.6 Å². The van der Waals surface area contributed by atoms with Crippen LogP contribution in [0.2, 0.25) is 5.15 Å². The van der Waals surface area contributed by atoms with Gasteiger partial charge in [-0.05, 0) is 13.0 Å². The van der Waals surface area contributed by atoms with Crippen LogP contribution in [-0.4, -0.2) is 21.4 Å². The molecule has 0 unspecified atom stereocenters. The molecule has 19 heavy (non-hydrogen) atoms. The van der Waals surface area contributed by atoms with E-state index in [1.54, 1.807) is 25.1 Å². The van der Waals surface area contributed by atoms with Gasteiger partial charge in [-0.2, -0.15) is 0 Å². The molecule has 5 nitrogen and oxygen atoms in total. The van der Waals surface area contributed by atoms with E-state index in [2.05, 4.69) is 15.3 Å². The number of aldehydes is 1. The predicted octanol–water partition coefficient (Wildman–Crippen LogP) is 2.57. The van der Waals surface area contributed by atoms with Gasteiger partial charge in [0.15, 0.2) is 6.29 Å². The minimum atomic E-state index is 0.113. The van der Waals surface area contributed by atoms with E-state index in [-0.39, 0.29) is 16.5 Å². The molecule has 0 aliphatic heterocycles. The quantitative estimate of drug-likeness (QED) is 0.664. The molecule has 0 saturated heterocycles. The summed E-state index contributed by atoms with van der Waals surface area (Å²) >= 11 is 5.88. The van der Waals surface area contributed by atoms with Crippen molar-refractivity contribution in [2.75, 3.05) is 5.32 Å². The Kier molecular flexibility index (Phi) is 3.97. The molecule has 0 radical (unpaired) electrons. The van der Waals surface area contributed by atoms with Crippen LogP contribution in [0.3, 0.4) is 0 Å². The van der Waals surface area contributed by atoms with Crippen LogP contribution < -0.4 is 5.32 Å². The Hall–Kier alpha value is -2.14. The van der Waals surface area contributed by atoms with Gasteiger partial charge in [-0.1, -0.05) is 29.8 Å². The highest BCUT2D eigenvalue weighted by Gasteiger charge is 2.11. The van der Waals surface area contributed by atoms with E-state index in [4.69, 9.17) is 11.6 Å². The number of benzene rings is 1. The number of aryl methyl sites for hydroxylation is 1. The van der Waals surface area contributed by atoms with Crippen LogP contribution in [0.15, 0.2) is 24.3 Å². The second kappa shape index (κ2) is 5.67. The SMILES string of the molecule is Cc1nc(Cl)c(C=O)c(NCc2ccccc2O)n1. The summed E-state index contributed by atoms with van der Waals surface area (Å²) in [6.07, 6.45) is 0.606. The van der Waals surface area contributed by atoms with E-state index in [0.29, 0.717) is 30.0 Å². The average molecular weight is 278 g/mol. The van der Waals surface area contributed by atoms with E-state index in [1.807, 2.05) is 6.07 Å². The molecule has 0 saturated carbocycles. The number of carbonyl (C=O) groups excluding carboxylic acids is 1. The zero-order valence-corrected chi connectivity index (χ0v) is 11.0. The van der Waals surface area contributed by atoms with Crippen LogP contribution in [0.5, 0.6) is 5.75 Å². The van der Waals surface area contributed by atoms with E-state index in [1.165, 1.54) is 0 Å². The van der Waals surface area contributed by atoms with Gasteiger partial charge in [0.1, 0.15) is 22.5 Å². The normalized spacial score (nSPS) is 10.2. The molecule has 1 heterocycles. The Bertz CT molecular complexity index is 617. The van der Waals surface area contributed by atoms with Crippen LogP contribution in [0.1, 0.15) is 21.7 Å². The van der Waals surface area contributed by atoms with Gasteiger partial charge in [0.2, 0.25) is 0 Å². The number of hydrogen-bond donors (Lipinski definition) is 2. The summed E-state index contributed by atoms with van der Waals surface area (Å²) in [5.74, 6) is 1.01. The number of carbonyl (C=O) groups is 1. The van der Waals surface area contributed by atoms with Gasteiger partial charge in [-0.15, -0.1) is 0 Å². The number of nitrogens with zero attached hydrogens (tertiary/aromatic N) is 2. The minimum Gasteiger partial charge on any atom is -0.508 e. The lowest BCUT2D eigenvalue weighted by atomic mass is 10.2. The fraction of sp³-hybridized carbons (Fsp3) is 0.154. The molecule has 2 rings (SSSR count). The van der Waals surface area contributed by atoms with Crippen LogP contribution in [0, 0.1) is 6.92 Å². The third-order valence-electron chi connectivity index (χ3n) is 2.57. The standard InChI is InChI=1S/C13H12ClN3O2/c1-8-16-12(14)10(7-18)13(17-8)15-6-9-4-2-3-5-11(9)19/h2-5,7,19H,6H2,1H3,(H,15,16,17). The Labute approximate surface area is 115 Å². The Morgan fingerprint density at radius 2 is 2.11 bits per heavy atom. The van der Waals surface area contributed by atoms with Crippen molar-refractivity contribution in [1.29, 1.82) is 0 Å². The third kappa shape index (κ3) is 3.00. The maximum absolute atomic E-state index is 11.0. The number of phenols is 1. The van der Waals surface area contributed by atoms with Crippen molar-refractivity contribution < 1.29 is 9.90 Å². The van der Waals surface area contributed by atoms with Gasteiger partial charge in [-0.3, -0.25) is 4.79 Å². The summed E-state index contributed by atoms with van der Waals surface area (Å²) in [7, 11) is 0. The molecule has 1 aromatic carbocycles. The van der Waals surface area contributed by atoms with Gasteiger partial charge in [0.05, 0.1) is 5.56 Å². The Morgan fingerprint density at radius 3 is 2.79 bits per heavy atom. The van der Waals surface area contributed by atoms with Crippen molar-refractivity contribution in [2.45, 2.75) is 13.5 Å². The maximum atomic E-state index is 11.0. The van der Waals surface area contributed by atoms with Gasteiger partial charge < -0.3 is 10.4 Å². The molecule has 2 aromatic rings. The van der Waals surface area contributed by atoms with E-state index in [0.717, 1.165) is 0 Å². The summed E-state index contributed by atoms with van der Waals surface area (Å²) in [6.45, 7) is 2.02. The van der Waals surface area contributed by atoms with Crippen LogP contribution in [0.4, 0.5) is 5.82 Å². The summed E-state index contributed by atoms with van der Waals surface area (Å²) in [5, 5.41) is 12.7. The first-order valence-electron chi connectivity index (χ1n) is 5.62. The Balaban J connectivity index is 2.25. The molecule has 0 bridgehead atoms. The molecular formula is C13H12ClN3O2. The van der Waals surface area contributed by atoms with Crippen molar-refractivity contribution in [2.24, 2.45) is 0 Å². The summed E-state index contributed by atoms with van der Waals surface area (Å²) < 4.78 is 0. The highest BCUT2D eigenvalue weighted by molar-refractivity contribution is 6.32. The number of halogens is 1. The van der Waals surface area contributed by atoms with Crippen molar-refractivity contribution in [3.8, 4) is 5.75 Å². The zero-order valence-electron chi connectivity index (χ0n) is 10.2. The van der Waals surface area contributed by atoms with Crippen molar-refractivity contribution >= 4 is 23.7 Å². The molecule has 1 aromatic heterocycles. The average Bonchev–Trinajstić information content (AvgIpc) is 2.37. The largest absolute Gasteiger partial charge is 0.508 e. The zero-order chi connectivity index (χ0) is 13.8. The maximum Gasteiger partial charge on any atom is 0.156 e. The first-order valence-corrected chi connectivity index (χ1v) is 5.99. The first kappa shape index (κ1) is 13.3. The molecule has 6 heteroatoms. The van der Waals surface area contributed by atoms with Crippen molar-refractivity contribution in [3.05, 3.63) is 46.4 Å². The molecule has 0 atom stereocenters. The lowest BCUT2D eigenvalue weighted by Gasteiger charge is -2.10. The van der Waals surface area contributed by atoms with Crippen LogP contribution in [-0.2, 0) is 6.54 Å². The van der Waals surface area contributed by atoms with Gasteiger partial charge in [0.25, 0.3) is 0 Å². The summed E-state index contributed by atoms with van der Waals surface area (Å²) in [4.78, 5) is 19.0. The second-order valence-electron chi connectivity index (χ2n) is 3.92. The number of para-hydroxylation sites is 1. The topological polar surface area (TPSA) is 75.1 Å². The molecule has 0 amide bonds. The number of hydrogen-bond acceptors (Lipinski definition) is 5. The van der Waals surface area contributed by atoms with Crippen LogP contribution in [0.25, 0.3) is 0 Å². The predicted molar refractivity (Wildman–Crippen MR) is 72.6 cm³/mol. The van der Waals surface area contributed by atoms with Gasteiger partial charge in [0, 0.05) is 12.1 Å². The van der Waals surface area contributed by atoms with E-state index in [9.17, 15) is 9.90 Å². The molecule has 0 spiro atoms. The molecule has 98 valence electrons. The number of phenolic OH excluding ortho intramolecular Hbond substituents is 1. The monoisotopic (exact) mass is 277 g/mol. The third-order valence-corrected chi connectivity index (χ3v) is 2.85. The lowest BCUT2D eigenvalue weighted by Crippen LogP contribution is -2.07. The number of aromatic nitrogens is 2. The number of nitrogens with one attached hydrogen (secondary N) is 1. The summed E-state index contributed by atoms with van der Waals surface area (Å²) in [5.41, 5.74) is 0.912. The fourth-order valence-corrected chi connectivity index (χ4v) is 1.88. The van der Waals surface area contributed by atoms with Gasteiger partial charge in [-0.25, -0.2) is 9.97 Å². The van der Waals surface area contributed by atoms with Crippen molar-refractivity contribution in [1.82, 2.24) is 9.97 Å². The number of aromatic hydroxyl groups is 1. The Morgan fingerprint density at radius 1 is 1.37 bits per heavy atom. The number of rotatable bonds is 4. The molecular weight excluding hydrogens is 266 g/mol. The fourth-order valence-electron chi connectivity index (χ4n) is 1.63. The second-order valence-corrected chi connectivity index (χ2v) is 4.28. The van der Waals surface area contributed by atoms with E-state index >= 15 is 0 Å². The van der Waals surface area contributed by atoms with Gasteiger partial charge >= 0.3 is 0 Å².